The van der Waals surface area contributed by atoms with E-state index in [0.717, 1.165) is 33.9 Å². The molecule has 2 aliphatic heterocycles. The summed E-state index contributed by atoms with van der Waals surface area (Å²) in [5, 5.41) is 0. The van der Waals surface area contributed by atoms with Gasteiger partial charge >= 0.3 is 11.9 Å². The van der Waals surface area contributed by atoms with E-state index in [9.17, 15) is 22.8 Å². The summed E-state index contributed by atoms with van der Waals surface area (Å²) >= 11 is 0. The fraction of sp³-hybridized carbons (Fsp3) is 0.353. The maximum Gasteiger partial charge on any atom is 0.416 e. The van der Waals surface area contributed by atoms with E-state index in [4.69, 9.17) is 10.5 Å². The average molecular weight is 623 g/mol. The van der Waals surface area contributed by atoms with Gasteiger partial charge < -0.3 is 10.5 Å². The molecule has 0 aliphatic carbocycles. The molecule has 236 valence electrons. The lowest BCUT2D eigenvalue weighted by Gasteiger charge is -2.39. The number of rotatable bonds is 7. The lowest BCUT2D eigenvalue weighted by atomic mass is 9.85. The highest BCUT2D eigenvalue weighted by molar-refractivity contribution is 5.35. The van der Waals surface area contributed by atoms with Crippen molar-refractivity contribution in [3.8, 4) is 0 Å². The van der Waals surface area contributed by atoms with Crippen LogP contribution in [-0.2, 0) is 42.8 Å². The molecule has 0 amide bonds. The topological polar surface area (TPSA) is 82.5 Å². The summed E-state index contributed by atoms with van der Waals surface area (Å²) in [7, 11) is 0. The molecule has 6 rings (SSSR count). The SMILES string of the molecule is Cc1ccccc1CN1CCC2(CC1)OCc1c2c(=O)n(C[C@H](N)c2ccccc2)c(=O)n1Cc1c(F)cccc1C(F)(F)F. The molecule has 0 radical (unpaired) electrons. The Morgan fingerprint density at radius 2 is 1.60 bits per heavy atom. The molecule has 1 spiro atoms. The Morgan fingerprint density at radius 1 is 0.911 bits per heavy atom. The van der Waals surface area contributed by atoms with Crippen LogP contribution in [0.1, 0.15) is 58.0 Å². The first-order chi connectivity index (χ1) is 21.5. The minimum atomic E-state index is -4.85. The van der Waals surface area contributed by atoms with E-state index in [2.05, 4.69) is 24.0 Å². The highest BCUT2D eigenvalue weighted by atomic mass is 19.4. The van der Waals surface area contributed by atoms with Gasteiger partial charge in [0, 0.05) is 31.2 Å². The molecule has 1 atom stereocenters. The minimum Gasteiger partial charge on any atom is -0.364 e. The van der Waals surface area contributed by atoms with Crippen molar-refractivity contribution in [3.05, 3.63) is 139 Å². The Kier molecular flexibility index (Phi) is 8.28. The van der Waals surface area contributed by atoms with Gasteiger partial charge in [-0.25, -0.2) is 9.18 Å². The number of ether oxygens (including phenoxy) is 1. The maximum absolute atomic E-state index is 15.0. The fourth-order valence-electron chi connectivity index (χ4n) is 6.59. The second kappa shape index (κ2) is 12.0. The monoisotopic (exact) mass is 622 g/mol. The van der Waals surface area contributed by atoms with Crippen LogP contribution in [0.25, 0.3) is 0 Å². The highest BCUT2D eigenvalue weighted by Crippen LogP contribution is 2.43. The number of hydrogen-bond acceptors (Lipinski definition) is 5. The lowest BCUT2D eigenvalue weighted by molar-refractivity contribution is -0.138. The number of likely N-dealkylation sites (tertiary alicyclic amines) is 1. The number of piperidine rings is 1. The molecule has 1 fully saturated rings. The normalized spacial score (nSPS) is 17.0. The Morgan fingerprint density at radius 3 is 2.29 bits per heavy atom. The molecule has 7 nitrogen and oxygen atoms in total. The molecule has 3 aromatic carbocycles. The van der Waals surface area contributed by atoms with Crippen LogP contribution in [0, 0.1) is 12.7 Å². The van der Waals surface area contributed by atoms with Crippen LogP contribution in [-0.4, -0.2) is 27.1 Å². The highest BCUT2D eigenvalue weighted by Gasteiger charge is 2.47. The molecule has 1 aromatic heterocycles. The zero-order valence-electron chi connectivity index (χ0n) is 24.8. The number of benzene rings is 3. The van der Waals surface area contributed by atoms with E-state index < -0.39 is 52.6 Å². The molecule has 45 heavy (non-hydrogen) atoms. The number of aromatic nitrogens is 2. The number of fused-ring (bicyclic) bond motifs is 2. The Labute approximate surface area is 257 Å². The average Bonchev–Trinajstić information content (AvgIpc) is 3.38. The Bertz CT molecular complexity index is 1830. The van der Waals surface area contributed by atoms with Crippen molar-refractivity contribution in [2.75, 3.05) is 13.1 Å². The van der Waals surface area contributed by atoms with Crippen LogP contribution in [0.3, 0.4) is 0 Å². The standard InChI is InChI=1S/C34H34F4N4O3/c1-22-8-5-6-11-24(22)18-40-16-14-33(15-17-40)30-29(21-45-33)41(19-25-26(34(36,37)38)12-7-13-27(25)35)32(44)42(31(30)43)20-28(39)23-9-3-2-4-10-23/h2-13,28H,14-21,39H2,1H3/t28-/m0/s1. The summed E-state index contributed by atoms with van der Waals surface area (Å²) in [4.78, 5) is 30.4. The van der Waals surface area contributed by atoms with Gasteiger partial charge in [0.1, 0.15) is 11.4 Å². The number of hydrogen-bond donors (Lipinski definition) is 1. The van der Waals surface area contributed by atoms with E-state index in [1.165, 1.54) is 11.1 Å². The first kappa shape index (κ1) is 30.9. The lowest BCUT2D eigenvalue weighted by Crippen LogP contribution is -2.49. The van der Waals surface area contributed by atoms with Crippen LogP contribution in [0.15, 0.2) is 82.4 Å². The van der Waals surface area contributed by atoms with Gasteiger partial charge in [0.15, 0.2) is 0 Å². The summed E-state index contributed by atoms with van der Waals surface area (Å²) in [5.74, 6) is -1.10. The van der Waals surface area contributed by atoms with Gasteiger partial charge in [0.05, 0.1) is 36.5 Å². The first-order valence-electron chi connectivity index (χ1n) is 14.9. The molecule has 0 unspecified atom stereocenters. The fourth-order valence-corrected chi connectivity index (χ4v) is 6.59. The van der Waals surface area contributed by atoms with E-state index in [1.807, 2.05) is 18.2 Å². The number of aryl methyl sites for hydroxylation is 1. The van der Waals surface area contributed by atoms with E-state index in [1.54, 1.807) is 24.3 Å². The molecular formula is C34H34F4N4O3. The van der Waals surface area contributed by atoms with Crippen molar-refractivity contribution in [1.82, 2.24) is 14.0 Å². The molecule has 4 aromatic rings. The second-order valence-corrected chi connectivity index (χ2v) is 11.9. The van der Waals surface area contributed by atoms with Crippen LogP contribution < -0.4 is 17.0 Å². The number of halogens is 4. The van der Waals surface area contributed by atoms with Crippen molar-refractivity contribution in [2.45, 2.75) is 63.8 Å². The smallest absolute Gasteiger partial charge is 0.364 e. The third-order valence-corrected chi connectivity index (χ3v) is 9.14. The zero-order valence-corrected chi connectivity index (χ0v) is 24.8. The largest absolute Gasteiger partial charge is 0.416 e. The van der Waals surface area contributed by atoms with Crippen LogP contribution in [0.2, 0.25) is 0 Å². The molecule has 3 heterocycles. The summed E-state index contributed by atoms with van der Waals surface area (Å²) < 4.78 is 65.2. The van der Waals surface area contributed by atoms with Crippen molar-refractivity contribution >= 4 is 0 Å². The van der Waals surface area contributed by atoms with E-state index in [-0.39, 0.29) is 24.4 Å². The second-order valence-electron chi connectivity index (χ2n) is 11.9. The molecular weight excluding hydrogens is 588 g/mol. The van der Waals surface area contributed by atoms with Crippen molar-refractivity contribution < 1.29 is 22.3 Å². The number of alkyl halides is 3. The van der Waals surface area contributed by atoms with Gasteiger partial charge in [-0.05, 0) is 48.6 Å². The third kappa shape index (κ3) is 5.87. The van der Waals surface area contributed by atoms with Crippen molar-refractivity contribution in [3.63, 3.8) is 0 Å². The molecule has 2 N–H and O–H groups in total. The predicted molar refractivity (Wildman–Crippen MR) is 161 cm³/mol. The van der Waals surface area contributed by atoms with Crippen LogP contribution >= 0.6 is 0 Å². The first-order valence-corrected chi connectivity index (χ1v) is 14.9. The summed E-state index contributed by atoms with van der Waals surface area (Å²) in [6.45, 7) is 2.88. The van der Waals surface area contributed by atoms with Gasteiger partial charge in [-0.15, -0.1) is 0 Å². The predicted octanol–water partition coefficient (Wildman–Crippen LogP) is 5.25. The Hall–Kier alpha value is -4.06. The van der Waals surface area contributed by atoms with Gasteiger partial charge in [0.2, 0.25) is 0 Å². The molecule has 2 aliphatic rings. The van der Waals surface area contributed by atoms with Gasteiger partial charge in [-0.3, -0.25) is 18.8 Å². The summed E-state index contributed by atoms with van der Waals surface area (Å²) in [6.07, 6.45) is -3.97. The zero-order chi connectivity index (χ0) is 31.9. The number of nitrogens with zero attached hydrogens (tertiary/aromatic N) is 3. The minimum absolute atomic E-state index is 0.154. The maximum atomic E-state index is 15.0. The molecule has 0 saturated carbocycles. The molecule has 11 heteroatoms. The van der Waals surface area contributed by atoms with Crippen LogP contribution in [0.4, 0.5) is 17.6 Å². The summed E-state index contributed by atoms with van der Waals surface area (Å²) in [6, 6.07) is 19.0. The van der Waals surface area contributed by atoms with Gasteiger partial charge in [0.25, 0.3) is 5.56 Å². The van der Waals surface area contributed by atoms with Gasteiger partial charge in [-0.2, -0.15) is 13.2 Å². The third-order valence-electron chi connectivity index (χ3n) is 9.14. The Balaban J connectivity index is 1.42. The van der Waals surface area contributed by atoms with Crippen molar-refractivity contribution in [1.29, 1.82) is 0 Å². The van der Waals surface area contributed by atoms with E-state index in [0.29, 0.717) is 31.5 Å². The quantitative estimate of drug-likeness (QED) is 0.285. The molecule has 0 bridgehead atoms. The molecule has 1 saturated heterocycles. The van der Waals surface area contributed by atoms with E-state index >= 15 is 4.39 Å². The summed E-state index contributed by atoms with van der Waals surface area (Å²) in [5.41, 5.74) is 5.57. The number of nitrogens with two attached hydrogens (primary N) is 1. The van der Waals surface area contributed by atoms with Gasteiger partial charge in [-0.1, -0.05) is 60.7 Å². The van der Waals surface area contributed by atoms with Crippen LogP contribution in [0.5, 0.6) is 0 Å². The van der Waals surface area contributed by atoms with Crippen molar-refractivity contribution in [2.24, 2.45) is 5.73 Å².